The minimum absolute atomic E-state index is 0.543. The van der Waals surface area contributed by atoms with E-state index in [0.717, 1.165) is 12.3 Å². The number of aromatic nitrogens is 1. The van der Waals surface area contributed by atoms with Crippen molar-refractivity contribution in [3.63, 3.8) is 0 Å². The van der Waals surface area contributed by atoms with Crippen LogP contribution in [0.1, 0.15) is 36.6 Å². The second-order valence-electron chi connectivity index (χ2n) is 5.70. The minimum atomic E-state index is 0.543. The van der Waals surface area contributed by atoms with Gasteiger partial charge < -0.3 is 10.2 Å². The Bertz CT molecular complexity index is 369. The molecule has 0 aliphatic carbocycles. The van der Waals surface area contributed by atoms with Crippen LogP contribution < -0.4 is 5.32 Å². The average molecular weight is 281 g/mol. The van der Waals surface area contributed by atoms with Crippen LogP contribution in [0.15, 0.2) is 6.20 Å². The Balaban J connectivity index is 1.80. The fourth-order valence-electron chi connectivity index (χ4n) is 2.69. The lowest BCUT2D eigenvalue weighted by Crippen LogP contribution is -2.33. The quantitative estimate of drug-likeness (QED) is 0.868. The highest BCUT2D eigenvalue weighted by Crippen LogP contribution is 2.24. The third-order valence-corrected chi connectivity index (χ3v) is 5.26. The number of thiazole rings is 1. The van der Waals surface area contributed by atoms with Crippen molar-refractivity contribution in [1.82, 2.24) is 15.2 Å². The molecule has 0 radical (unpaired) electrons. The van der Waals surface area contributed by atoms with Crippen molar-refractivity contribution in [2.75, 3.05) is 26.7 Å². The summed E-state index contributed by atoms with van der Waals surface area (Å²) in [6.07, 6.45) is 7.05. The number of hydrogen-bond donors (Lipinski definition) is 1. The van der Waals surface area contributed by atoms with Crippen LogP contribution in [0.3, 0.4) is 0 Å². The van der Waals surface area contributed by atoms with Gasteiger partial charge in [0.25, 0.3) is 0 Å². The molecule has 1 unspecified atom stereocenters. The Hall–Kier alpha value is -0.450. The summed E-state index contributed by atoms with van der Waals surface area (Å²) >= 11 is 1.91. The van der Waals surface area contributed by atoms with E-state index in [1.54, 1.807) is 0 Å². The van der Waals surface area contributed by atoms with Crippen molar-refractivity contribution < 1.29 is 0 Å². The monoisotopic (exact) mass is 281 g/mol. The molecule has 1 aromatic heterocycles. The third-order valence-electron chi connectivity index (χ3n) is 4.22. The van der Waals surface area contributed by atoms with Gasteiger partial charge in [-0.1, -0.05) is 6.92 Å². The van der Waals surface area contributed by atoms with Gasteiger partial charge in [-0.15, -0.1) is 11.3 Å². The average Bonchev–Trinajstić information content (AvgIpc) is 2.86. The summed E-state index contributed by atoms with van der Waals surface area (Å²) in [5.74, 6) is 0.850. The van der Waals surface area contributed by atoms with Gasteiger partial charge >= 0.3 is 0 Å². The lowest BCUT2D eigenvalue weighted by Gasteiger charge is -2.30. The first-order valence-corrected chi connectivity index (χ1v) is 8.36. The van der Waals surface area contributed by atoms with Crippen LogP contribution in [-0.2, 0) is 12.8 Å². The van der Waals surface area contributed by atoms with E-state index >= 15 is 0 Å². The Labute approximate surface area is 121 Å². The molecule has 0 amide bonds. The first kappa shape index (κ1) is 14.9. The van der Waals surface area contributed by atoms with Gasteiger partial charge in [0.1, 0.15) is 0 Å². The molecule has 1 aromatic rings. The van der Waals surface area contributed by atoms with E-state index in [-0.39, 0.29) is 0 Å². The van der Waals surface area contributed by atoms with Gasteiger partial charge in [-0.05, 0) is 58.8 Å². The van der Waals surface area contributed by atoms with Crippen LogP contribution in [0.4, 0.5) is 0 Å². The number of piperidine rings is 1. The minimum Gasteiger partial charge on any atom is -0.317 e. The first-order valence-electron chi connectivity index (χ1n) is 7.54. The largest absolute Gasteiger partial charge is 0.317 e. The van der Waals surface area contributed by atoms with E-state index in [1.165, 1.54) is 48.8 Å². The zero-order valence-electron chi connectivity index (χ0n) is 12.5. The van der Waals surface area contributed by atoms with E-state index in [2.05, 4.69) is 35.2 Å². The van der Waals surface area contributed by atoms with Gasteiger partial charge in [0.15, 0.2) is 0 Å². The summed E-state index contributed by atoms with van der Waals surface area (Å²) in [5.41, 5.74) is 0. The molecule has 3 nitrogen and oxygen atoms in total. The SMILES string of the molecule is CCN1CCC(Cc2ncc(CC(C)NC)s2)CC1. The zero-order valence-corrected chi connectivity index (χ0v) is 13.3. The van der Waals surface area contributed by atoms with E-state index in [9.17, 15) is 0 Å². The Morgan fingerprint density at radius 3 is 2.84 bits per heavy atom. The van der Waals surface area contributed by atoms with Crippen molar-refractivity contribution in [3.05, 3.63) is 16.1 Å². The molecule has 2 heterocycles. The zero-order chi connectivity index (χ0) is 13.7. The fraction of sp³-hybridized carbons (Fsp3) is 0.800. The lowest BCUT2D eigenvalue weighted by molar-refractivity contribution is 0.192. The molecule has 1 aliphatic rings. The van der Waals surface area contributed by atoms with Gasteiger partial charge in [-0.2, -0.15) is 0 Å². The van der Waals surface area contributed by atoms with E-state index in [1.807, 2.05) is 18.4 Å². The molecule has 1 fully saturated rings. The summed E-state index contributed by atoms with van der Waals surface area (Å²) < 4.78 is 0. The number of nitrogens with one attached hydrogen (secondary N) is 1. The molecule has 19 heavy (non-hydrogen) atoms. The lowest BCUT2D eigenvalue weighted by atomic mass is 9.94. The molecular formula is C15H27N3S. The molecule has 1 saturated heterocycles. The second kappa shape index (κ2) is 7.36. The molecule has 0 aromatic carbocycles. The Morgan fingerprint density at radius 1 is 1.47 bits per heavy atom. The van der Waals surface area contributed by atoms with Gasteiger partial charge in [0.2, 0.25) is 0 Å². The number of rotatable bonds is 6. The predicted octanol–water partition coefficient (Wildman–Crippen LogP) is 2.57. The third kappa shape index (κ3) is 4.55. The molecule has 1 atom stereocenters. The van der Waals surface area contributed by atoms with Crippen LogP contribution in [-0.4, -0.2) is 42.6 Å². The second-order valence-corrected chi connectivity index (χ2v) is 6.90. The summed E-state index contributed by atoms with van der Waals surface area (Å²) in [6.45, 7) is 8.23. The number of hydrogen-bond acceptors (Lipinski definition) is 4. The highest BCUT2D eigenvalue weighted by atomic mass is 32.1. The molecule has 1 aliphatic heterocycles. The maximum Gasteiger partial charge on any atom is 0.0930 e. The van der Waals surface area contributed by atoms with Crippen molar-refractivity contribution in [2.45, 2.75) is 45.6 Å². The molecule has 1 N–H and O–H groups in total. The maximum atomic E-state index is 4.61. The molecular weight excluding hydrogens is 254 g/mol. The molecule has 2 rings (SSSR count). The Kier molecular flexibility index (Phi) is 5.79. The summed E-state index contributed by atoms with van der Waals surface area (Å²) in [7, 11) is 2.02. The smallest absolute Gasteiger partial charge is 0.0930 e. The summed E-state index contributed by atoms with van der Waals surface area (Å²) in [6, 6.07) is 0.543. The molecule has 0 bridgehead atoms. The van der Waals surface area contributed by atoms with Crippen molar-refractivity contribution in [2.24, 2.45) is 5.92 Å². The van der Waals surface area contributed by atoms with Crippen LogP contribution >= 0.6 is 11.3 Å². The maximum absolute atomic E-state index is 4.61. The highest BCUT2D eigenvalue weighted by Gasteiger charge is 2.19. The molecule has 0 spiro atoms. The topological polar surface area (TPSA) is 28.2 Å². The number of nitrogens with zero attached hydrogens (tertiary/aromatic N) is 2. The van der Waals surface area contributed by atoms with Gasteiger partial charge in [-0.25, -0.2) is 4.98 Å². The number of likely N-dealkylation sites (N-methyl/N-ethyl adjacent to an activating group) is 1. The van der Waals surface area contributed by atoms with E-state index < -0.39 is 0 Å². The predicted molar refractivity (Wildman–Crippen MR) is 82.9 cm³/mol. The van der Waals surface area contributed by atoms with Crippen LogP contribution in [0.5, 0.6) is 0 Å². The van der Waals surface area contributed by atoms with Gasteiger partial charge in [0, 0.05) is 23.5 Å². The van der Waals surface area contributed by atoms with E-state index in [4.69, 9.17) is 0 Å². The summed E-state index contributed by atoms with van der Waals surface area (Å²) in [4.78, 5) is 8.59. The molecule has 108 valence electrons. The van der Waals surface area contributed by atoms with Crippen LogP contribution in [0.2, 0.25) is 0 Å². The highest BCUT2D eigenvalue weighted by molar-refractivity contribution is 7.11. The van der Waals surface area contributed by atoms with Crippen molar-refractivity contribution in [3.8, 4) is 0 Å². The van der Waals surface area contributed by atoms with Crippen LogP contribution in [0, 0.1) is 5.92 Å². The van der Waals surface area contributed by atoms with E-state index in [0.29, 0.717) is 6.04 Å². The van der Waals surface area contributed by atoms with Crippen molar-refractivity contribution in [1.29, 1.82) is 0 Å². The number of likely N-dealkylation sites (tertiary alicyclic amines) is 1. The molecule has 4 heteroatoms. The van der Waals surface area contributed by atoms with Crippen molar-refractivity contribution >= 4 is 11.3 Å². The van der Waals surface area contributed by atoms with Gasteiger partial charge in [-0.3, -0.25) is 0 Å². The Morgan fingerprint density at radius 2 is 2.21 bits per heavy atom. The fourth-order valence-corrected chi connectivity index (χ4v) is 3.86. The molecule has 0 saturated carbocycles. The standard InChI is InChI=1S/C15H27N3S/c1-4-18-7-5-13(6-8-18)10-15-17-11-14(19-15)9-12(2)16-3/h11-13,16H,4-10H2,1-3H3. The first-order chi connectivity index (χ1) is 9.21. The normalized spacial score (nSPS) is 19.7. The summed E-state index contributed by atoms with van der Waals surface area (Å²) in [5, 5.41) is 4.63. The van der Waals surface area contributed by atoms with Crippen LogP contribution in [0.25, 0.3) is 0 Å². The van der Waals surface area contributed by atoms with Gasteiger partial charge in [0.05, 0.1) is 5.01 Å².